The molecule has 84 heavy (non-hydrogen) atoms. The van der Waals surface area contributed by atoms with Crippen LogP contribution in [0.25, 0.3) is 51.7 Å². The first kappa shape index (κ1) is 66.9. The van der Waals surface area contributed by atoms with Gasteiger partial charge < -0.3 is 24.9 Å². The summed E-state index contributed by atoms with van der Waals surface area (Å²) in [5.74, 6) is -0.863. The van der Waals surface area contributed by atoms with E-state index < -0.39 is 33.8 Å². The number of carbonyl (C=O) groups is 2. The number of hydrogen-bond acceptors (Lipinski definition) is 9. The molecule has 2 fully saturated rings. The van der Waals surface area contributed by atoms with Crippen molar-refractivity contribution in [2.45, 2.75) is 101 Å². The molecule has 1 unspecified atom stereocenters. The standard InChI is InChI=1S/C35H36ClNO4S.C35H34ClNO2S.2Na/c1-34(2,40)30-9-4-3-7-25(30)13-17-32(42(41)23-35(18-19-35)22-33(38)39)27-8-5-6-24(20-27)10-15-29-16-12-26-11-14-28(36)21-31(26)37-29;1-24(2)31-9-4-3-7-26(31)13-17-33(40-23-35(18-19-35)22-34(38)39)28-8-5-6-25(20-28)10-15-30-16-12-27-11-14-29(36)21-32(27)37-30;;/h3-12,14-16,20-21,32,40H,13,17-19,22-23H2,1-2H3,(H,38,39);3-12,14-16,20-21,33H,1,13,17-19,22-23H2,2H3,(H,38,39);;/q;;2*+1/p-2/b2*15-10+;;/t32-,42?;33-;;/m11../s1. The van der Waals surface area contributed by atoms with E-state index >= 15 is 0 Å². The van der Waals surface area contributed by atoms with Crippen LogP contribution < -0.4 is 69.3 Å². The number of benzene rings is 6. The van der Waals surface area contributed by atoms with Gasteiger partial charge in [-0.05, 0) is 195 Å². The van der Waals surface area contributed by atoms with Crippen molar-refractivity contribution in [2.75, 3.05) is 11.5 Å². The van der Waals surface area contributed by atoms with Crippen molar-refractivity contribution in [3.63, 3.8) is 0 Å². The van der Waals surface area contributed by atoms with E-state index in [1.165, 1.54) is 16.7 Å². The number of thioether (sulfide) groups is 1. The van der Waals surface area contributed by atoms with E-state index in [4.69, 9.17) is 33.2 Å². The molecule has 422 valence electrons. The molecule has 8 aromatic rings. The van der Waals surface area contributed by atoms with Crippen LogP contribution in [-0.4, -0.2) is 42.7 Å². The maximum absolute atomic E-state index is 13.9. The van der Waals surface area contributed by atoms with Gasteiger partial charge in [-0.2, -0.15) is 11.8 Å². The predicted molar refractivity (Wildman–Crippen MR) is 337 cm³/mol. The zero-order valence-electron chi connectivity index (χ0n) is 48.6. The molecule has 2 aromatic heterocycles. The quantitative estimate of drug-likeness (QED) is 0.0587. The molecule has 2 aliphatic rings. The number of nitrogens with zero attached hydrogens (tertiary/aromatic N) is 2. The molecule has 10 rings (SSSR count). The number of aromatic nitrogens is 2. The topological polar surface area (TPSA) is 143 Å². The molecule has 6 aromatic carbocycles. The summed E-state index contributed by atoms with van der Waals surface area (Å²) in [4.78, 5) is 32.2. The second-order valence-electron chi connectivity index (χ2n) is 22.8. The molecule has 3 atom stereocenters. The van der Waals surface area contributed by atoms with Gasteiger partial charge in [-0.1, -0.05) is 169 Å². The zero-order valence-corrected chi connectivity index (χ0v) is 55.8. The third-order valence-corrected chi connectivity index (χ3v) is 19.8. The molecule has 0 radical (unpaired) electrons. The molecule has 0 aliphatic heterocycles. The van der Waals surface area contributed by atoms with Crippen LogP contribution in [0.3, 0.4) is 0 Å². The summed E-state index contributed by atoms with van der Waals surface area (Å²) in [7, 11) is -1.30. The number of aliphatic hydroxyl groups is 1. The summed E-state index contributed by atoms with van der Waals surface area (Å²) in [5.41, 5.74) is 11.5. The summed E-state index contributed by atoms with van der Waals surface area (Å²) >= 11 is 14.2. The smallest absolute Gasteiger partial charge is 0.550 e. The number of allylic oxidation sites excluding steroid dienone is 1. The number of carboxylic acid groups (broad SMARTS) is 2. The van der Waals surface area contributed by atoms with E-state index in [1.54, 1.807) is 13.8 Å². The van der Waals surface area contributed by atoms with Gasteiger partial charge in [-0.25, -0.2) is 9.97 Å². The van der Waals surface area contributed by atoms with Crippen LogP contribution in [0.2, 0.25) is 10.0 Å². The van der Waals surface area contributed by atoms with Gasteiger partial charge in [0.2, 0.25) is 0 Å². The van der Waals surface area contributed by atoms with Gasteiger partial charge in [0.25, 0.3) is 0 Å². The Balaban J connectivity index is 0.000000236. The SMILES string of the molecule is C=C(C)c1ccccc1CC[C@@H](SCC1(CC(=O)[O-])CC1)c1cccc(/C=C/c2ccc3ccc(Cl)cc3n2)c1.CC(C)(O)c1ccccc1CC[C@H](c1cccc(/C=C/c2ccc3ccc(Cl)cc3n2)c1)S(=O)CC1(CC(=O)[O-])CC1.[Na+].[Na+]. The van der Waals surface area contributed by atoms with Gasteiger partial charge >= 0.3 is 59.1 Å². The van der Waals surface area contributed by atoms with Gasteiger partial charge in [0, 0.05) is 54.6 Å². The van der Waals surface area contributed by atoms with Crippen molar-refractivity contribution < 1.29 is 88.2 Å². The van der Waals surface area contributed by atoms with Crippen LogP contribution in [0.1, 0.15) is 139 Å². The molecule has 14 heteroatoms. The molecule has 8 nitrogen and oxygen atoms in total. The van der Waals surface area contributed by atoms with Gasteiger partial charge in [0.1, 0.15) is 0 Å². The number of hydrogen-bond donors (Lipinski definition) is 1. The van der Waals surface area contributed by atoms with Crippen molar-refractivity contribution in [3.05, 3.63) is 230 Å². The van der Waals surface area contributed by atoms with Crippen molar-refractivity contribution in [2.24, 2.45) is 10.8 Å². The number of fused-ring (bicyclic) bond motifs is 2. The Morgan fingerprint density at radius 2 is 1.15 bits per heavy atom. The van der Waals surface area contributed by atoms with E-state index in [1.807, 2.05) is 127 Å². The van der Waals surface area contributed by atoms with E-state index in [0.717, 1.165) is 111 Å². The van der Waals surface area contributed by atoms with E-state index in [-0.39, 0.29) is 87.9 Å². The predicted octanol–water partition coefficient (Wildman–Crippen LogP) is 9.06. The van der Waals surface area contributed by atoms with E-state index in [9.17, 15) is 29.1 Å². The fourth-order valence-corrected chi connectivity index (χ4v) is 14.7. The Kier molecular flexibility index (Phi) is 24.1. The largest absolute Gasteiger partial charge is 1.00 e. The minimum atomic E-state index is -1.30. The fraction of sp³-hybridized carbons (Fsp3) is 0.286. The Bertz CT molecular complexity index is 3720. The third kappa shape index (κ3) is 18.9. The maximum atomic E-state index is 13.9. The molecule has 0 amide bonds. The van der Waals surface area contributed by atoms with Gasteiger partial charge in [-0.15, -0.1) is 0 Å². The maximum Gasteiger partial charge on any atom is 1.00 e. The van der Waals surface area contributed by atoms with Crippen LogP contribution in [0.5, 0.6) is 0 Å². The average Bonchev–Trinajstić information content (AvgIpc) is 4.50. The number of carbonyl (C=O) groups excluding carboxylic acids is 2. The Hall–Kier alpha value is -4.66. The average molecular weight is 1210 g/mol. The second kappa shape index (κ2) is 30.3. The summed E-state index contributed by atoms with van der Waals surface area (Å²) in [6.07, 6.45) is 14.7. The minimum Gasteiger partial charge on any atom is -0.550 e. The number of aliphatic carboxylic acids is 2. The molecule has 2 aliphatic carbocycles. The Morgan fingerprint density at radius 3 is 1.70 bits per heavy atom. The number of carboxylic acids is 2. The van der Waals surface area contributed by atoms with Crippen LogP contribution in [0.4, 0.5) is 0 Å². The molecule has 2 saturated carbocycles. The van der Waals surface area contributed by atoms with Crippen molar-refractivity contribution in [1.82, 2.24) is 9.97 Å². The normalized spacial score (nSPS) is 15.1. The number of halogens is 2. The molecule has 0 bridgehead atoms. The fourth-order valence-electron chi connectivity index (χ4n) is 10.7. The second-order valence-corrected chi connectivity index (χ2v) is 26.5. The number of rotatable bonds is 24. The molecule has 2 heterocycles. The molecule has 1 N–H and O–H groups in total. The third-order valence-electron chi connectivity index (χ3n) is 15.6. The van der Waals surface area contributed by atoms with E-state index in [2.05, 4.69) is 80.2 Å². The molecular formula is C70H68Cl2N2Na2O6S2. The van der Waals surface area contributed by atoms with Crippen molar-refractivity contribution in [3.8, 4) is 0 Å². The van der Waals surface area contributed by atoms with Gasteiger partial charge in [0.15, 0.2) is 0 Å². The summed E-state index contributed by atoms with van der Waals surface area (Å²) in [6, 6.07) is 52.4. The summed E-state index contributed by atoms with van der Waals surface area (Å²) in [5, 5.41) is 36.8. The monoisotopic (exact) mass is 1210 g/mol. The first-order chi connectivity index (χ1) is 39.3. The molecule has 0 spiro atoms. The number of pyridine rings is 2. The summed E-state index contributed by atoms with van der Waals surface area (Å²) in [6.45, 7) is 9.76. The van der Waals surface area contributed by atoms with Crippen molar-refractivity contribution >= 4 is 109 Å². The summed E-state index contributed by atoms with van der Waals surface area (Å²) < 4.78 is 13.9. The van der Waals surface area contributed by atoms with Crippen LogP contribution in [0.15, 0.2) is 164 Å². The number of aryl methyl sites for hydroxylation is 2. The Labute approximate surface area is 555 Å². The minimum absolute atomic E-state index is 0. The zero-order chi connectivity index (χ0) is 58.0. The van der Waals surface area contributed by atoms with Crippen LogP contribution in [-0.2, 0) is 38.8 Å². The van der Waals surface area contributed by atoms with Gasteiger partial charge in [0.05, 0.1) is 33.3 Å². The first-order valence-electron chi connectivity index (χ1n) is 27.9. The van der Waals surface area contributed by atoms with Crippen LogP contribution in [0, 0.1) is 10.8 Å². The molecular weight excluding hydrogens is 1150 g/mol. The van der Waals surface area contributed by atoms with E-state index in [0.29, 0.717) is 28.6 Å². The van der Waals surface area contributed by atoms with Gasteiger partial charge in [-0.3, -0.25) is 4.21 Å². The van der Waals surface area contributed by atoms with Crippen molar-refractivity contribution in [1.29, 1.82) is 0 Å². The molecule has 0 saturated heterocycles. The first-order valence-corrected chi connectivity index (χ1v) is 31.1. The van der Waals surface area contributed by atoms with Crippen LogP contribution >= 0.6 is 35.0 Å². The Morgan fingerprint density at radius 1 is 0.655 bits per heavy atom.